The van der Waals surface area contributed by atoms with E-state index in [1.807, 2.05) is 0 Å². The van der Waals surface area contributed by atoms with Crippen LogP contribution in [0.4, 0.5) is 0 Å². The van der Waals surface area contributed by atoms with Crippen LogP contribution in [0.25, 0.3) is 0 Å². The Morgan fingerprint density at radius 3 is 2.71 bits per heavy atom. The molecule has 3 nitrogen and oxygen atoms in total. The van der Waals surface area contributed by atoms with Crippen LogP contribution in [0.5, 0.6) is 0 Å². The molecule has 1 saturated heterocycles. The fourth-order valence-corrected chi connectivity index (χ4v) is 2.65. The molecule has 102 valence electrons. The summed E-state index contributed by atoms with van der Waals surface area (Å²) >= 11 is 0. The highest BCUT2D eigenvalue weighted by Gasteiger charge is 2.21. The van der Waals surface area contributed by atoms with Crippen LogP contribution in [0.3, 0.4) is 0 Å². The van der Waals surface area contributed by atoms with E-state index in [1.165, 1.54) is 45.4 Å². The lowest BCUT2D eigenvalue weighted by Crippen LogP contribution is -2.41. The van der Waals surface area contributed by atoms with Crippen molar-refractivity contribution >= 4 is 0 Å². The van der Waals surface area contributed by atoms with E-state index < -0.39 is 0 Å². The lowest BCUT2D eigenvalue weighted by atomic mass is 10.1. The van der Waals surface area contributed by atoms with Crippen LogP contribution < -0.4 is 5.32 Å². The van der Waals surface area contributed by atoms with Gasteiger partial charge in [0.05, 0.1) is 0 Å². The van der Waals surface area contributed by atoms with E-state index >= 15 is 0 Å². The molecule has 3 heteroatoms. The van der Waals surface area contributed by atoms with Gasteiger partial charge in [0.1, 0.15) is 0 Å². The summed E-state index contributed by atoms with van der Waals surface area (Å²) < 4.78 is 0. The van der Waals surface area contributed by atoms with Crippen molar-refractivity contribution in [2.45, 2.75) is 52.1 Å². The highest BCUT2D eigenvalue weighted by atomic mass is 15.2. The summed E-state index contributed by atoms with van der Waals surface area (Å²) in [5.41, 5.74) is 0. The van der Waals surface area contributed by atoms with Crippen LogP contribution in [0.2, 0.25) is 0 Å². The van der Waals surface area contributed by atoms with Gasteiger partial charge in [0, 0.05) is 18.6 Å². The Balaban J connectivity index is 2.28. The first-order valence-corrected chi connectivity index (χ1v) is 7.29. The van der Waals surface area contributed by atoms with Gasteiger partial charge in [-0.1, -0.05) is 20.8 Å². The minimum absolute atomic E-state index is 0.618. The monoisotopic (exact) mass is 241 g/mol. The number of nitrogens with zero attached hydrogens (tertiary/aromatic N) is 2. The van der Waals surface area contributed by atoms with Gasteiger partial charge in [0.25, 0.3) is 0 Å². The second kappa shape index (κ2) is 8.06. The molecule has 0 aliphatic carbocycles. The van der Waals surface area contributed by atoms with Gasteiger partial charge in [-0.25, -0.2) is 0 Å². The van der Waals surface area contributed by atoms with Gasteiger partial charge in [-0.15, -0.1) is 0 Å². The molecular formula is C14H31N3. The molecule has 1 fully saturated rings. The van der Waals surface area contributed by atoms with Gasteiger partial charge in [0.15, 0.2) is 0 Å². The predicted molar refractivity (Wildman–Crippen MR) is 75.5 cm³/mol. The highest BCUT2D eigenvalue weighted by molar-refractivity contribution is 4.77. The summed E-state index contributed by atoms with van der Waals surface area (Å²) in [5.74, 6) is 0. The molecule has 1 N–H and O–H groups in total. The lowest BCUT2D eigenvalue weighted by Gasteiger charge is -2.30. The van der Waals surface area contributed by atoms with Gasteiger partial charge in [0.2, 0.25) is 0 Å². The fraction of sp³-hybridized carbons (Fsp3) is 1.00. The third-order valence-corrected chi connectivity index (χ3v) is 3.67. The first-order chi connectivity index (χ1) is 8.13. The van der Waals surface area contributed by atoms with Crippen molar-refractivity contribution < 1.29 is 0 Å². The van der Waals surface area contributed by atoms with Crippen molar-refractivity contribution in [1.29, 1.82) is 0 Å². The Morgan fingerprint density at radius 1 is 1.29 bits per heavy atom. The minimum Gasteiger partial charge on any atom is -0.314 e. The van der Waals surface area contributed by atoms with Crippen molar-refractivity contribution in [2.75, 3.05) is 39.8 Å². The van der Waals surface area contributed by atoms with E-state index in [2.05, 4.69) is 42.9 Å². The normalized spacial score (nSPS) is 24.2. The molecule has 0 spiro atoms. The van der Waals surface area contributed by atoms with Crippen LogP contribution in [0.1, 0.15) is 40.0 Å². The van der Waals surface area contributed by atoms with Crippen molar-refractivity contribution in [3.05, 3.63) is 0 Å². The molecular weight excluding hydrogens is 210 g/mol. The summed E-state index contributed by atoms with van der Waals surface area (Å²) in [4.78, 5) is 5.19. The molecule has 0 radical (unpaired) electrons. The third kappa shape index (κ3) is 5.84. The SMILES string of the molecule is CCC1CN(C)CCCN1CCCNC(C)C. The zero-order valence-corrected chi connectivity index (χ0v) is 12.2. The van der Waals surface area contributed by atoms with E-state index in [9.17, 15) is 0 Å². The molecule has 17 heavy (non-hydrogen) atoms. The van der Waals surface area contributed by atoms with E-state index in [4.69, 9.17) is 0 Å². The van der Waals surface area contributed by atoms with Gasteiger partial charge in [-0.3, -0.25) is 4.90 Å². The molecule has 1 atom stereocenters. The molecule has 0 amide bonds. The smallest absolute Gasteiger partial charge is 0.0220 e. The van der Waals surface area contributed by atoms with Crippen LogP contribution in [-0.2, 0) is 0 Å². The summed E-state index contributed by atoms with van der Waals surface area (Å²) in [6.45, 7) is 13.0. The highest BCUT2D eigenvalue weighted by Crippen LogP contribution is 2.12. The van der Waals surface area contributed by atoms with E-state index in [0.717, 1.165) is 12.6 Å². The van der Waals surface area contributed by atoms with E-state index in [-0.39, 0.29) is 0 Å². The number of hydrogen-bond donors (Lipinski definition) is 1. The van der Waals surface area contributed by atoms with Gasteiger partial charge in [-0.2, -0.15) is 0 Å². The number of nitrogens with one attached hydrogen (secondary N) is 1. The average molecular weight is 241 g/mol. The maximum absolute atomic E-state index is 3.51. The van der Waals surface area contributed by atoms with E-state index in [0.29, 0.717) is 6.04 Å². The quantitative estimate of drug-likeness (QED) is 0.715. The first-order valence-electron chi connectivity index (χ1n) is 7.29. The molecule has 1 aliphatic rings. The zero-order chi connectivity index (χ0) is 12.7. The van der Waals surface area contributed by atoms with Crippen molar-refractivity contribution in [2.24, 2.45) is 0 Å². The number of rotatable bonds is 6. The molecule has 0 aromatic rings. The lowest BCUT2D eigenvalue weighted by molar-refractivity contribution is 0.181. The first kappa shape index (κ1) is 14.9. The molecule has 1 rings (SSSR count). The summed E-state index contributed by atoms with van der Waals surface area (Å²) in [6, 6.07) is 1.38. The van der Waals surface area contributed by atoms with Gasteiger partial charge in [-0.05, 0) is 52.5 Å². The topological polar surface area (TPSA) is 18.5 Å². The molecule has 0 saturated carbocycles. The molecule has 1 aliphatic heterocycles. The molecule has 0 aromatic carbocycles. The minimum atomic E-state index is 0.618. The van der Waals surface area contributed by atoms with Gasteiger partial charge >= 0.3 is 0 Å². The number of hydrogen-bond acceptors (Lipinski definition) is 3. The summed E-state index contributed by atoms with van der Waals surface area (Å²) in [5, 5.41) is 3.51. The summed E-state index contributed by atoms with van der Waals surface area (Å²) in [6.07, 6.45) is 3.88. The maximum Gasteiger partial charge on any atom is 0.0220 e. The Labute approximate surface area is 108 Å². The Hall–Kier alpha value is -0.120. The molecule has 1 unspecified atom stereocenters. The average Bonchev–Trinajstić information content (AvgIpc) is 2.46. The van der Waals surface area contributed by atoms with Crippen LogP contribution in [0, 0.1) is 0 Å². The number of likely N-dealkylation sites (N-methyl/N-ethyl adjacent to an activating group) is 1. The van der Waals surface area contributed by atoms with Crippen molar-refractivity contribution in [3.8, 4) is 0 Å². The Morgan fingerprint density at radius 2 is 2.06 bits per heavy atom. The van der Waals surface area contributed by atoms with Crippen LogP contribution >= 0.6 is 0 Å². The predicted octanol–water partition coefficient (Wildman–Crippen LogP) is 1.79. The van der Waals surface area contributed by atoms with Crippen LogP contribution in [0.15, 0.2) is 0 Å². The summed E-state index contributed by atoms with van der Waals surface area (Å²) in [7, 11) is 2.26. The molecule has 0 bridgehead atoms. The van der Waals surface area contributed by atoms with Gasteiger partial charge < -0.3 is 10.2 Å². The largest absolute Gasteiger partial charge is 0.314 e. The maximum atomic E-state index is 3.51. The second-order valence-corrected chi connectivity index (χ2v) is 5.68. The second-order valence-electron chi connectivity index (χ2n) is 5.68. The Kier molecular flexibility index (Phi) is 7.09. The molecule has 0 aromatic heterocycles. The van der Waals surface area contributed by atoms with Crippen molar-refractivity contribution in [3.63, 3.8) is 0 Å². The van der Waals surface area contributed by atoms with Crippen LogP contribution in [-0.4, -0.2) is 61.7 Å². The van der Waals surface area contributed by atoms with Crippen molar-refractivity contribution in [1.82, 2.24) is 15.1 Å². The third-order valence-electron chi connectivity index (χ3n) is 3.67. The molecule has 1 heterocycles. The fourth-order valence-electron chi connectivity index (χ4n) is 2.65. The standard InChI is InChI=1S/C14H31N3/c1-5-14-12-16(4)9-7-11-17(14)10-6-8-15-13(2)3/h13-15H,5-12H2,1-4H3. The zero-order valence-electron chi connectivity index (χ0n) is 12.2. The van der Waals surface area contributed by atoms with E-state index in [1.54, 1.807) is 0 Å². The Bertz CT molecular complexity index is 194.